The molecule has 1 amide bonds. The van der Waals surface area contributed by atoms with Gasteiger partial charge in [-0.1, -0.05) is 42.5 Å². The summed E-state index contributed by atoms with van der Waals surface area (Å²) < 4.78 is 25.9. The first-order chi connectivity index (χ1) is 13.4. The van der Waals surface area contributed by atoms with Gasteiger partial charge in [0.2, 0.25) is 15.9 Å². The fourth-order valence-electron chi connectivity index (χ4n) is 3.42. The van der Waals surface area contributed by atoms with E-state index in [-0.39, 0.29) is 16.8 Å². The second-order valence-corrected chi connectivity index (χ2v) is 9.32. The Morgan fingerprint density at radius 2 is 1.71 bits per heavy atom. The number of rotatable bonds is 9. The Morgan fingerprint density at radius 1 is 1.07 bits per heavy atom. The Morgan fingerprint density at radius 3 is 2.29 bits per heavy atom. The van der Waals surface area contributed by atoms with Crippen LogP contribution in [0.5, 0.6) is 0 Å². The number of amides is 1. The molecule has 0 saturated heterocycles. The third-order valence-electron chi connectivity index (χ3n) is 5.44. The molecule has 6 heteroatoms. The molecule has 1 N–H and O–H groups in total. The van der Waals surface area contributed by atoms with Crippen LogP contribution in [-0.2, 0) is 27.8 Å². The maximum absolute atomic E-state index is 13.0. The summed E-state index contributed by atoms with van der Waals surface area (Å²) in [5.74, 6) is 0.758. The van der Waals surface area contributed by atoms with Crippen LogP contribution in [0.1, 0.15) is 37.3 Å². The summed E-state index contributed by atoms with van der Waals surface area (Å²) in [6.45, 7) is 2.78. The molecule has 150 valence electrons. The number of sulfonamides is 1. The molecule has 1 saturated carbocycles. The van der Waals surface area contributed by atoms with E-state index in [2.05, 4.69) is 23.8 Å². The number of hydrogen-bond donors (Lipinski definition) is 1. The number of carbonyl (C=O) groups excluding carboxylic acids is 1. The molecule has 2 aromatic rings. The fourth-order valence-corrected chi connectivity index (χ4v) is 4.15. The quantitative estimate of drug-likeness (QED) is 0.702. The van der Waals surface area contributed by atoms with Crippen molar-refractivity contribution in [3.05, 3.63) is 65.7 Å². The van der Waals surface area contributed by atoms with Crippen LogP contribution in [-0.4, -0.2) is 32.3 Å². The number of nitrogens with one attached hydrogen (secondary N) is 1. The van der Waals surface area contributed by atoms with Crippen molar-refractivity contribution < 1.29 is 13.2 Å². The van der Waals surface area contributed by atoms with E-state index in [9.17, 15) is 13.2 Å². The summed E-state index contributed by atoms with van der Waals surface area (Å²) in [6.07, 6.45) is 3.41. The smallest absolute Gasteiger partial charge is 0.240 e. The highest BCUT2D eigenvalue weighted by molar-refractivity contribution is 7.89. The summed E-state index contributed by atoms with van der Waals surface area (Å²) in [6, 6.07) is 17.1. The van der Waals surface area contributed by atoms with Crippen molar-refractivity contribution >= 4 is 15.9 Å². The molecule has 28 heavy (non-hydrogen) atoms. The number of nitrogens with zero attached hydrogens (tertiary/aromatic N) is 1. The van der Waals surface area contributed by atoms with Crippen LogP contribution in [0.3, 0.4) is 0 Å². The fraction of sp³-hybridized carbons (Fsp3) is 0.409. The van der Waals surface area contributed by atoms with E-state index in [1.807, 2.05) is 23.1 Å². The van der Waals surface area contributed by atoms with Gasteiger partial charge in [-0.15, -0.1) is 0 Å². The molecular formula is C22H28N2O3S. The van der Waals surface area contributed by atoms with Crippen LogP contribution in [0.2, 0.25) is 0 Å². The molecular weight excluding hydrogens is 372 g/mol. The van der Waals surface area contributed by atoms with Crippen LogP contribution in [0.15, 0.2) is 59.5 Å². The van der Waals surface area contributed by atoms with E-state index in [0.29, 0.717) is 25.3 Å². The van der Waals surface area contributed by atoms with Gasteiger partial charge >= 0.3 is 0 Å². The van der Waals surface area contributed by atoms with Gasteiger partial charge in [0.1, 0.15) is 0 Å². The standard InChI is InChI=1S/C22H28N2O3S/c1-17(20-11-12-20)24(16-19-6-4-3-5-7-19)22(25)15-10-18-8-13-21(14-9-18)28(26,27)23-2/h3-9,13-14,17,20,23H,10-12,15-16H2,1-2H3. The molecule has 1 atom stereocenters. The first-order valence-corrected chi connectivity index (χ1v) is 11.2. The lowest BCUT2D eigenvalue weighted by molar-refractivity contribution is -0.134. The SMILES string of the molecule is CNS(=O)(=O)c1ccc(CCC(=O)N(Cc2ccccc2)C(C)C2CC2)cc1. The van der Waals surface area contributed by atoms with Gasteiger partial charge in [0, 0.05) is 19.0 Å². The van der Waals surface area contributed by atoms with Gasteiger partial charge in [-0.05, 0) is 62.4 Å². The minimum absolute atomic E-state index is 0.148. The van der Waals surface area contributed by atoms with Crippen molar-refractivity contribution in [3.8, 4) is 0 Å². The topological polar surface area (TPSA) is 66.5 Å². The Balaban J connectivity index is 1.64. The number of hydrogen-bond acceptors (Lipinski definition) is 3. The average Bonchev–Trinajstić information content (AvgIpc) is 3.56. The van der Waals surface area contributed by atoms with Gasteiger partial charge in [-0.3, -0.25) is 4.79 Å². The molecule has 5 nitrogen and oxygen atoms in total. The minimum Gasteiger partial charge on any atom is -0.335 e. The number of aryl methyl sites for hydroxylation is 1. The molecule has 2 aromatic carbocycles. The largest absolute Gasteiger partial charge is 0.335 e. The van der Waals surface area contributed by atoms with Crippen LogP contribution in [0.4, 0.5) is 0 Å². The summed E-state index contributed by atoms with van der Waals surface area (Å²) >= 11 is 0. The van der Waals surface area contributed by atoms with Gasteiger partial charge in [0.25, 0.3) is 0 Å². The molecule has 0 aliphatic heterocycles. The predicted molar refractivity (Wildman–Crippen MR) is 110 cm³/mol. The molecule has 3 rings (SSSR count). The molecule has 1 unspecified atom stereocenters. The Labute approximate surface area is 167 Å². The Kier molecular flexibility index (Phi) is 6.52. The van der Waals surface area contributed by atoms with Crippen LogP contribution in [0.25, 0.3) is 0 Å². The lowest BCUT2D eigenvalue weighted by Crippen LogP contribution is -2.39. The lowest BCUT2D eigenvalue weighted by atomic mass is 10.1. The van der Waals surface area contributed by atoms with Gasteiger partial charge < -0.3 is 4.90 Å². The second-order valence-electron chi connectivity index (χ2n) is 7.44. The third-order valence-corrected chi connectivity index (χ3v) is 6.87. The highest BCUT2D eigenvalue weighted by Gasteiger charge is 2.34. The molecule has 0 bridgehead atoms. The molecule has 0 heterocycles. The van der Waals surface area contributed by atoms with Crippen molar-refractivity contribution in [2.75, 3.05) is 7.05 Å². The molecule has 1 aliphatic rings. The first-order valence-electron chi connectivity index (χ1n) is 9.76. The third kappa shape index (κ3) is 5.20. The van der Waals surface area contributed by atoms with Gasteiger partial charge in [-0.2, -0.15) is 0 Å². The lowest BCUT2D eigenvalue weighted by Gasteiger charge is -2.30. The minimum atomic E-state index is -3.43. The Hall–Kier alpha value is -2.18. The van der Waals surface area contributed by atoms with Crippen molar-refractivity contribution in [2.45, 2.75) is 50.1 Å². The maximum Gasteiger partial charge on any atom is 0.240 e. The number of carbonyl (C=O) groups is 1. The highest BCUT2D eigenvalue weighted by atomic mass is 32.2. The van der Waals surface area contributed by atoms with E-state index in [0.717, 1.165) is 11.1 Å². The molecule has 1 aliphatic carbocycles. The van der Waals surface area contributed by atoms with E-state index in [4.69, 9.17) is 0 Å². The summed E-state index contributed by atoms with van der Waals surface area (Å²) in [5, 5.41) is 0. The van der Waals surface area contributed by atoms with Crippen molar-refractivity contribution in [3.63, 3.8) is 0 Å². The molecule has 1 fully saturated rings. The molecule has 0 aromatic heterocycles. The summed E-state index contributed by atoms with van der Waals surface area (Å²) in [5.41, 5.74) is 2.10. The van der Waals surface area contributed by atoms with Crippen molar-refractivity contribution in [1.82, 2.24) is 9.62 Å². The molecule has 0 radical (unpaired) electrons. The van der Waals surface area contributed by atoms with E-state index < -0.39 is 10.0 Å². The first kappa shape index (κ1) is 20.6. The summed E-state index contributed by atoms with van der Waals surface area (Å²) in [7, 11) is -2.04. The number of benzene rings is 2. The predicted octanol–water partition coefficient (Wildman–Crippen LogP) is 3.35. The van der Waals surface area contributed by atoms with E-state index >= 15 is 0 Å². The monoisotopic (exact) mass is 400 g/mol. The zero-order chi connectivity index (χ0) is 20.1. The Bertz CT molecular complexity index is 891. The van der Waals surface area contributed by atoms with E-state index in [1.165, 1.54) is 19.9 Å². The van der Waals surface area contributed by atoms with Gasteiger partial charge in [-0.25, -0.2) is 13.1 Å². The highest BCUT2D eigenvalue weighted by Crippen LogP contribution is 2.36. The molecule has 0 spiro atoms. The van der Waals surface area contributed by atoms with Crippen molar-refractivity contribution in [1.29, 1.82) is 0 Å². The van der Waals surface area contributed by atoms with E-state index in [1.54, 1.807) is 24.3 Å². The van der Waals surface area contributed by atoms with Gasteiger partial charge in [0.15, 0.2) is 0 Å². The van der Waals surface area contributed by atoms with Crippen LogP contribution >= 0.6 is 0 Å². The average molecular weight is 401 g/mol. The zero-order valence-electron chi connectivity index (χ0n) is 16.5. The van der Waals surface area contributed by atoms with Crippen molar-refractivity contribution in [2.24, 2.45) is 5.92 Å². The maximum atomic E-state index is 13.0. The second kappa shape index (κ2) is 8.88. The summed E-state index contributed by atoms with van der Waals surface area (Å²) in [4.78, 5) is 15.2. The van der Waals surface area contributed by atoms with Gasteiger partial charge in [0.05, 0.1) is 4.90 Å². The normalized spacial score (nSPS) is 15.2. The van der Waals surface area contributed by atoms with Crippen LogP contribution < -0.4 is 4.72 Å². The van der Waals surface area contributed by atoms with Crippen LogP contribution in [0, 0.1) is 5.92 Å². The zero-order valence-corrected chi connectivity index (χ0v) is 17.3.